The van der Waals surface area contributed by atoms with Gasteiger partial charge < -0.3 is 10.6 Å². The van der Waals surface area contributed by atoms with Crippen LogP contribution in [0.4, 0.5) is 20.4 Å². The average molecular weight is 382 g/mol. The first-order valence-corrected chi connectivity index (χ1v) is 9.11. The fourth-order valence-corrected chi connectivity index (χ4v) is 3.10. The molecule has 2 N–H and O–H groups in total. The highest BCUT2D eigenvalue weighted by Crippen LogP contribution is 2.34. The van der Waals surface area contributed by atoms with Gasteiger partial charge in [0.2, 0.25) is 5.92 Å². The zero-order chi connectivity index (χ0) is 18.7. The van der Waals surface area contributed by atoms with Crippen molar-refractivity contribution in [1.82, 2.24) is 15.0 Å². The highest BCUT2D eigenvalue weighted by atomic mass is 35.5. The summed E-state index contributed by atoms with van der Waals surface area (Å²) >= 11 is 5.97. The predicted octanol–water partition coefficient (Wildman–Crippen LogP) is 5.00. The topological polar surface area (TPSA) is 62.7 Å². The molecule has 3 rings (SSSR count). The number of alkyl halides is 2. The fourth-order valence-electron chi connectivity index (χ4n) is 2.93. The lowest BCUT2D eigenvalue weighted by atomic mass is 9.92. The summed E-state index contributed by atoms with van der Waals surface area (Å²) in [5, 5.41) is 6.88. The molecule has 2 aromatic heterocycles. The van der Waals surface area contributed by atoms with Crippen molar-refractivity contribution < 1.29 is 8.78 Å². The van der Waals surface area contributed by atoms with Crippen molar-refractivity contribution in [2.24, 2.45) is 0 Å². The third-order valence-electron chi connectivity index (χ3n) is 4.18. The molecule has 26 heavy (non-hydrogen) atoms. The van der Waals surface area contributed by atoms with E-state index in [1.54, 1.807) is 24.3 Å². The Balaban J connectivity index is 1.85. The Morgan fingerprint density at radius 1 is 1.12 bits per heavy atom. The van der Waals surface area contributed by atoms with E-state index < -0.39 is 5.92 Å². The molecule has 5 nitrogen and oxygen atoms in total. The van der Waals surface area contributed by atoms with Gasteiger partial charge in [-0.1, -0.05) is 17.7 Å². The minimum Gasteiger partial charge on any atom is -0.368 e. The lowest BCUT2D eigenvalue weighted by Crippen LogP contribution is -2.32. The number of hydrogen-bond donors (Lipinski definition) is 2. The quantitative estimate of drug-likeness (QED) is 0.713. The number of anilines is 2. The highest BCUT2D eigenvalue weighted by molar-refractivity contribution is 6.29. The van der Waals surface area contributed by atoms with Crippen LogP contribution in [-0.2, 0) is 0 Å². The third-order valence-corrected chi connectivity index (χ3v) is 4.39. The van der Waals surface area contributed by atoms with Crippen LogP contribution in [0.25, 0.3) is 11.5 Å². The van der Waals surface area contributed by atoms with E-state index in [2.05, 4.69) is 25.6 Å². The molecule has 0 radical (unpaired) electrons. The smallest absolute Gasteiger partial charge is 0.248 e. The van der Waals surface area contributed by atoms with Crippen LogP contribution < -0.4 is 10.6 Å². The second-order valence-corrected chi connectivity index (χ2v) is 7.27. The van der Waals surface area contributed by atoms with Gasteiger partial charge in [-0.25, -0.2) is 23.7 Å². The predicted molar refractivity (Wildman–Crippen MR) is 99.9 cm³/mol. The monoisotopic (exact) mass is 381 g/mol. The molecule has 8 heteroatoms. The van der Waals surface area contributed by atoms with Crippen LogP contribution in [-0.4, -0.2) is 33.0 Å². The van der Waals surface area contributed by atoms with Gasteiger partial charge in [-0.05, 0) is 38.8 Å². The first kappa shape index (κ1) is 18.8. The van der Waals surface area contributed by atoms with Crippen molar-refractivity contribution >= 4 is 23.2 Å². The Morgan fingerprint density at radius 2 is 1.81 bits per heavy atom. The van der Waals surface area contributed by atoms with Crippen LogP contribution in [0.2, 0.25) is 5.15 Å². The average Bonchev–Trinajstić information content (AvgIpc) is 2.56. The number of nitrogens with zero attached hydrogens (tertiary/aromatic N) is 3. The molecule has 1 saturated carbocycles. The Hall–Kier alpha value is -2.02. The Kier molecular flexibility index (Phi) is 5.55. The first-order valence-electron chi connectivity index (χ1n) is 8.74. The van der Waals surface area contributed by atoms with E-state index in [1.807, 2.05) is 13.8 Å². The number of nitrogens with one attached hydrogen (secondary N) is 2. The molecular weight excluding hydrogens is 360 g/mol. The molecule has 0 aromatic carbocycles. The van der Waals surface area contributed by atoms with Crippen LogP contribution in [0.3, 0.4) is 0 Å². The number of pyridine rings is 1. The summed E-state index contributed by atoms with van der Waals surface area (Å²) in [7, 11) is 0. The SMILES string of the molecule is CC(C)Nc1cc(NC2CCC(F)(F)CC2)nc(-c2cccc(Cl)n2)n1. The minimum absolute atomic E-state index is 0.0309. The first-order chi connectivity index (χ1) is 12.3. The number of hydrogen-bond acceptors (Lipinski definition) is 5. The van der Waals surface area contributed by atoms with Gasteiger partial charge in [0.1, 0.15) is 22.5 Å². The summed E-state index contributed by atoms with van der Waals surface area (Å²) < 4.78 is 26.7. The molecule has 0 atom stereocenters. The second-order valence-electron chi connectivity index (χ2n) is 6.88. The zero-order valence-corrected chi connectivity index (χ0v) is 15.5. The standard InChI is InChI=1S/C18H22ClF2N5/c1-11(2)22-15-10-16(23-12-6-8-18(20,21)9-7-12)26-17(25-15)13-4-3-5-14(19)24-13/h3-5,10-12H,6-9H2,1-2H3,(H2,22,23,25,26). The van der Waals surface area contributed by atoms with E-state index in [-0.39, 0.29) is 24.9 Å². The van der Waals surface area contributed by atoms with Crippen LogP contribution in [0.1, 0.15) is 39.5 Å². The van der Waals surface area contributed by atoms with E-state index in [4.69, 9.17) is 11.6 Å². The van der Waals surface area contributed by atoms with E-state index in [9.17, 15) is 8.78 Å². The zero-order valence-electron chi connectivity index (χ0n) is 14.8. The van der Waals surface area contributed by atoms with Gasteiger partial charge in [0.25, 0.3) is 0 Å². The Labute approximate surface area is 156 Å². The number of rotatable bonds is 5. The van der Waals surface area contributed by atoms with E-state index in [0.717, 1.165) is 0 Å². The Bertz CT molecular complexity index is 759. The van der Waals surface area contributed by atoms with Gasteiger partial charge in [0.15, 0.2) is 5.82 Å². The molecule has 1 aliphatic carbocycles. The van der Waals surface area contributed by atoms with Crippen molar-refractivity contribution in [3.8, 4) is 11.5 Å². The Morgan fingerprint density at radius 3 is 2.46 bits per heavy atom. The minimum atomic E-state index is -2.55. The summed E-state index contributed by atoms with van der Waals surface area (Å²) in [6, 6.07) is 7.20. The second kappa shape index (κ2) is 7.70. The fraction of sp³-hybridized carbons (Fsp3) is 0.500. The summed E-state index contributed by atoms with van der Waals surface area (Å²) in [6.07, 6.45) is 0.620. The van der Waals surface area contributed by atoms with Gasteiger partial charge in [-0.3, -0.25) is 0 Å². The lowest BCUT2D eigenvalue weighted by Gasteiger charge is -2.29. The van der Waals surface area contributed by atoms with Gasteiger partial charge in [0, 0.05) is 31.0 Å². The van der Waals surface area contributed by atoms with Crippen LogP contribution in [0.15, 0.2) is 24.3 Å². The molecule has 1 aliphatic rings. The van der Waals surface area contributed by atoms with Gasteiger partial charge in [-0.15, -0.1) is 0 Å². The van der Waals surface area contributed by atoms with Crippen molar-refractivity contribution in [2.45, 2.75) is 57.5 Å². The maximum Gasteiger partial charge on any atom is 0.248 e. The molecule has 2 aromatic rings. The summed E-state index contributed by atoms with van der Waals surface area (Å²) in [5.41, 5.74) is 0.558. The summed E-state index contributed by atoms with van der Waals surface area (Å²) in [5.74, 6) is -0.878. The van der Waals surface area contributed by atoms with Gasteiger partial charge >= 0.3 is 0 Å². The molecule has 0 aliphatic heterocycles. The van der Waals surface area contributed by atoms with Crippen LogP contribution in [0, 0.1) is 0 Å². The van der Waals surface area contributed by atoms with Crippen molar-refractivity contribution in [2.75, 3.05) is 10.6 Å². The maximum absolute atomic E-state index is 13.4. The normalized spacial score (nSPS) is 17.3. The molecule has 0 amide bonds. The van der Waals surface area contributed by atoms with Crippen molar-refractivity contribution in [3.63, 3.8) is 0 Å². The molecule has 2 heterocycles. The van der Waals surface area contributed by atoms with Gasteiger partial charge in [-0.2, -0.15) is 0 Å². The molecule has 0 saturated heterocycles. The number of aromatic nitrogens is 3. The van der Waals surface area contributed by atoms with Crippen LogP contribution >= 0.6 is 11.6 Å². The van der Waals surface area contributed by atoms with Crippen LogP contribution in [0.5, 0.6) is 0 Å². The maximum atomic E-state index is 13.4. The molecule has 1 fully saturated rings. The molecule has 0 spiro atoms. The van der Waals surface area contributed by atoms with Gasteiger partial charge in [0.05, 0.1) is 0 Å². The van der Waals surface area contributed by atoms with E-state index >= 15 is 0 Å². The highest BCUT2D eigenvalue weighted by Gasteiger charge is 2.35. The summed E-state index contributed by atoms with van der Waals surface area (Å²) in [4.78, 5) is 13.3. The molecular formula is C18H22ClF2N5. The van der Waals surface area contributed by atoms with E-state index in [0.29, 0.717) is 41.1 Å². The van der Waals surface area contributed by atoms with Crippen molar-refractivity contribution in [1.29, 1.82) is 0 Å². The summed E-state index contributed by atoms with van der Waals surface area (Å²) in [6.45, 7) is 4.02. The number of halogens is 3. The molecule has 140 valence electrons. The molecule has 0 bridgehead atoms. The lowest BCUT2D eigenvalue weighted by molar-refractivity contribution is -0.0361. The van der Waals surface area contributed by atoms with E-state index in [1.165, 1.54) is 0 Å². The molecule has 0 unspecified atom stereocenters. The van der Waals surface area contributed by atoms with Crippen molar-refractivity contribution in [3.05, 3.63) is 29.4 Å². The largest absolute Gasteiger partial charge is 0.368 e. The third kappa shape index (κ3) is 5.00.